The third kappa shape index (κ3) is 2.36. The molecule has 5 nitrogen and oxygen atoms in total. The van der Waals surface area contributed by atoms with Crippen molar-refractivity contribution in [3.05, 3.63) is 0 Å². The molecule has 0 bridgehead atoms. The van der Waals surface area contributed by atoms with Gasteiger partial charge in [-0.25, -0.2) is 4.79 Å². The van der Waals surface area contributed by atoms with E-state index in [0.29, 0.717) is 13.0 Å². The van der Waals surface area contributed by atoms with Gasteiger partial charge in [0, 0.05) is 13.0 Å². The molecule has 1 fully saturated rings. The summed E-state index contributed by atoms with van der Waals surface area (Å²) in [6.45, 7) is 0.979. The molecule has 1 rings (SSSR count). The Morgan fingerprint density at radius 2 is 2.55 bits per heavy atom. The molecule has 0 aliphatic carbocycles. The van der Waals surface area contributed by atoms with Gasteiger partial charge in [-0.2, -0.15) is 0 Å². The van der Waals surface area contributed by atoms with Gasteiger partial charge < -0.3 is 20.9 Å². The summed E-state index contributed by atoms with van der Waals surface area (Å²) >= 11 is 0. The second-order valence-corrected chi connectivity index (χ2v) is 2.74. The first-order chi connectivity index (χ1) is 5.12. The maximum absolute atomic E-state index is 10.3. The zero-order valence-electron chi connectivity index (χ0n) is 6.17. The minimum absolute atomic E-state index is 0.169. The SMILES string of the molecule is NC(=O)NCC1(O)CCOC1. The fourth-order valence-corrected chi connectivity index (χ4v) is 0.988. The zero-order chi connectivity index (χ0) is 8.32. The van der Waals surface area contributed by atoms with Crippen LogP contribution in [0.3, 0.4) is 0 Å². The number of carbonyl (C=O) groups is 1. The fraction of sp³-hybridized carbons (Fsp3) is 0.833. The molecule has 64 valence electrons. The van der Waals surface area contributed by atoms with Gasteiger partial charge in [0.15, 0.2) is 0 Å². The number of aliphatic hydroxyl groups is 1. The third-order valence-corrected chi connectivity index (χ3v) is 1.67. The molecule has 1 aliphatic rings. The van der Waals surface area contributed by atoms with E-state index in [9.17, 15) is 9.90 Å². The van der Waals surface area contributed by atoms with Crippen LogP contribution < -0.4 is 11.1 Å². The number of hydrogen-bond acceptors (Lipinski definition) is 3. The molecule has 11 heavy (non-hydrogen) atoms. The Morgan fingerprint density at radius 3 is 3.00 bits per heavy atom. The van der Waals surface area contributed by atoms with Crippen LogP contribution in [0, 0.1) is 0 Å². The lowest BCUT2D eigenvalue weighted by molar-refractivity contribution is 0.0294. The summed E-state index contributed by atoms with van der Waals surface area (Å²) in [5, 5.41) is 11.9. The zero-order valence-corrected chi connectivity index (χ0v) is 6.17. The van der Waals surface area contributed by atoms with Crippen molar-refractivity contribution in [1.82, 2.24) is 5.32 Å². The summed E-state index contributed by atoms with van der Waals surface area (Å²) in [5.41, 5.74) is 3.92. The fourth-order valence-electron chi connectivity index (χ4n) is 0.988. The summed E-state index contributed by atoms with van der Waals surface area (Å²) in [7, 11) is 0. The summed E-state index contributed by atoms with van der Waals surface area (Å²) in [5.74, 6) is 0. The van der Waals surface area contributed by atoms with Gasteiger partial charge in [0.1, 0.15) is 5.60 Å². The number of rotatable bonds is 2. The average Bonchev–Trinajstić information content (AvgIpc) is 2.33. The molecular formula is C6H12N2O3. The Balaban J connectivity index is 2.28. The lowest BCUT2D eigenvalue weighted by Crippen LogP contribution is -2.45. The number of nitrogens with one attached hydrogen (secondary N) is 1. The number of primary amides is 1. The lowest BCUT2D eigenvalue weighted by atomic mass is 10.0. The van der Waals surface area contributed by atoms with Crippen molar-refractivity contribution in [1.29, 1.82) is 0 Å². The van der Waals surface area contributed by atoms with Crippen molar-refractivity contribution in [3.8, 4) is 0 Å². The van der Waals surface area contributed by atoms with E-state index in [1.54, 1.807) is 0 Å². The van der Waals surface area contributed by atoms with Crippen molar-refractivity contribution < 1.29 is 14.6 Å². The molecule has 0 saturated carbocycles. The lowest BCUT2D eigenvalue weighted by Gasteiger charge is -2.19. The Morgan fingerprint density at radius 1 is 1.82 bits per heavy atom. The van der Waals surface area contributed by atoms with Crippen molar-refractivity contribution >= 4 is 6.03 Å². The highest BCUT2D eigenvalue weighted by Crippen LogP contribution is 2.16. The van der Waals surface area contributed by atoms with Crippen molar-refractivity contribution in [2.24, 2.45) is 5.73 Å². The maximum atomic E-state index is 10.3. The second kappa shape index (κ2) is 3.06. The molecule has 1 saturated heterocycles. The highest BCUT2D eigenvalue weighted by atomic mass is 16.5. The molecule has 4 N–H and O–H groups in total. The Bertz CT molecular complexity index is 154. The minimum Gasteiger partial charge on any atom is -0.386 e. The standard InChI is InChI=1S/C6H12N2O3/c7-5(9)8-3-6(10)1-2-11-4-6/h10H,1-4H2,(H3,7,8,9). The van der Waals surface area contributed by atoms with Crippen LogP contribution >= 0.6 is 0 Å². The predicted octanol–water partition coefficient (Wildman–Crippen LogP) is -1.19. The summed E-state index contributed by atoms with van der Waals surface area (Å²) in [6, 6.07) is -0.620. The molecule has 0 aromatic rings. The van der Waals surface area contributed by atoms with E-state index in [0.717, 1.165) is 0 Å². The number of carbonyl (C=O) groups excluding carboxylic acids is 1. The molecule has 0 aromatic heterocycles. The van der Waals surface area contributed by atoms with Crippen LogP contribution in [0.15, 0.2) is 0 Å². The number of nitrogens with two attached hydrogens (primary N) is 1. The van der Waals surface area contributed by atoms with Gasteiger partial charge in [-0.05, 0) is 0 Å². The van der Waals surface area contributed by atoms with E-state index >= 15 is 0 Å². The van der Waals surface area contributed by atoms with E-state index in [2.05, 4.69) is 5.32 Å². The van der Waals surface area contributed by atoms with E-state index in [-0.39, 0.29) is 13.2 Å². The smallest absolute Gasteiger partial charge is 0.312 e. The molecule has 1 aliphatic heterocycles. The molecule has 1 heterocycles. The van der Waals surface area contributed by atoms with Gasteiger partial charge in [-0.15, -0.1) is 0 Å². The first-order valence-electron chi connectivity index (χ1n) is 3.46. The normalized spacial score (nSPS) is 30.3. The highest BCUT2D eigenvalue weighted by molar-refractivity contribution is 5.71. The van der Waals surface area contributed by atoms with Crippen molar-refractivity contribution in [3.63, 3.8) is 0 Å². The summed E-state index contributed by atoms with van der Waals surface area (Å²) < 4.78 is 4.95. The molecule has 0 aromatic carbocycles. The van der Waals surface area contributed by atoms with Crippen molar-refractivity contribution in [2.45, 2.75) is 12.0 Å². The summed E-state index contributed by atoms with van der Waals surface area (Å²) in [6.07, 6.45) is 0.549. The van der Waals surface area contributed by atoms with Crippen LogP contribution in [0.2, 0.25) is 0 Å². The van der Waals surface area contributed by atoms with Gasteiger partial charge in [0.2, 0.25) is 0 Å². The van der Waals surface area contributed by atoms with Gasteiger partial charge in [-0.3, -0.25) is 0 Å². The van der Waals surface area contributed by atoms with Gasteiger partial charge in [-0.1, -0.05) is 0 Å². The molecule has 1 atom stereocenters. The number of urea groups is 1. The second-order valence-electron chi connectivity index (χ2n) is 2.74. The van der Waals surface area contributed by atoms with Crippen LogP contribution in [-0.2, 0) is 4.74 Å². The van der Waals surface area contributed by atoms with Crippen LogP contribution in [-0.4, -0.2) is 36.5 Å². The topological polar surface area (TPSA) is 84.6 Å². The molecule has 1 unspecified atom stereocenters. The molecule has 5 heteroatoms. The number of ether oxygens (including phenoxy) is 1. The van der Waals surface area contributed by atoms with Crippen molar-refractivity contribution in [2.75, 3.05) is 19.8 Å². The van der Waals surface area contributed by atoms with Crippen LogP contribution in [0.4, 0.5) is 4.79 Å². The molecule has 0 spiro atoms. The molecular weight excluding hydrogens is 148 g/mol. The Hall–Kier alpha value is -0.810. The van der Waals surface area contributed by atoms with Crippen LogP contribution in [0.5, 0.6) is 0 Å². The van der Waals surface area contributed by atoms with E-state index < -0.39 is 11.6 Å². The molecule has 0 radical (unpaired) electrons. The van der Waals surface area contributed by atoms with E-state index in [4.69, 9.17) is 10.5 Å². The largest absolute Gasteiger partial charge is 0.386 e. The number of hydrogen-bond donors (Lipinski definition) is 3. The van der Waals surface area contributed by atoms with Crippen LogP contribution in [0.1, 0.15) is 6.42 Å². The highest BCUT2D eigenvalue weighted by Gasteiger charge is 2.32. The Labute approximate surface area is 64.5 Å². The Kier molecular flexibility index (Phi) is 2.31. The molecule has 2 amide bonds. The number of amides is 2. The van der Waals surface area contributed by atoms with E-state index in [1.165, 1.54) is 0 Å². The van der Waals surface area contributed by atoms with Gasteiger partial charge in [0.05, 0.1) is 13.2 Å². The average molecular weight is 160 g/mol. The minimum atomic E-state index is -0.908. The maximum Gasteiger partial charge on any atom is 0.312 e. The third-order valence-electron chi connectivity index (χ3n) is 1.67. The monoisotopic (exact) mass is 160 g/mol. The quantitative estimate of drug-likeness (QED) is 0.474. The van der Waals surface area contributed by atoms with E-state index in [1.807, 2.05) is 0 Å². The van der Waals surface area contributed by atoms with Crippen LogP contribution in [0.25, 0.3) is 0 Å². The predicted molar refractivity (Wildman–Crippen MR) is 38.0 cm³/mol. The van der Waals surface area contributed by atoms with Gasteiger partial charge in [0.25, 0.3) is 0 Å². The first kappa shape index (κ1) is 8.29. The first-order valence-corrected chi connectivity index (χ1v) is 3.46. The summed E-state index contributed by atoms with van der Waals surface area (Å²) in [4.78, 5) is 10.3. The van der Waals surface area contributed by atoms with Gasteiger partial charge >= 0.3 is 6.03 Å².